The van der Waals surface area contributed by atoms with Gasteiger partial charge in [0.2, 0.25) is 0 Å². The number of benzene rings is 1. The van der Waals surface area contributed by atoms with Crippen molar-refractivity contribution in [2.24, 2.45) is 0 Å². The van der Waals surface area contributed by atoms with E-state index in [4.69, 9.17) is 5.11 Å². The molecule has 0 aromatic heterocycles. The Labute approximate surface area is 121 Å². The second-order valence-corrected chi connectivity index (χ2v) is 5.36. The summed E-state index contributed by atoms with van der Waals surface area (Å²) in [7, 11) is 0. The number of carbonyl (C=O) groups is 2. The Kier molecular flexibility index (Phi) is 5.63. The van der Waals surface area contributed by atoms with Crippen LogP contribution in [0.4, 0.5) is 13.6 Å². The SMILES string of the molecule is CC(C)(CC(=O)O)NC(=O)NCCc1cc(F)cc(F)c1. The van der Waals surface area contributed by atoms with Gasteiger partial charge in [0.15, 0.2) is 0 Å². The van der Waals surface area contributed by atoms with Gasteiger partial charge in [-0.25, -0.2) is 13.6 Å². The van der Waals surface area contributed by atoms with Gasteiger partial charge in [-0.3, -0.25) is 4.79 Å². The minimum Gasteiger partial charge on any atom is -0.481 e. The molecule has 21 heavy (non-hydrogen) atoms. The lowest BCUT2D eigenvalue weighted by Crippen LogP contribution is -2.49. The molecular formula is C14H18F2N2O3. The van der Waals surface area contributed by atoms with Crippen LogP contribution in [-0.4, -0.2) is 29.2 Å². The highest BCUT2D eigenvalue weighted by Gasteiger charge is 2.23. The minimum absolute atomic E-state index is 0.178. The lowest BCUT2D eigenvalue weighted by atomic mass is 10.0. The van der Waals surface area contributed by atoms with Crippen LogP contribution in [0.2, 0.25) is 0 Å². The van der Waals surface area contributed by atoms with Gasteiger partial charge in [-0.1, -0.05) is 0 Å². The molecule has 1 aromatic rings. The first kappa shape index (κ1) is 16.9. The van der Waals surface area contributed by atoms with Gasteiger partial charge in [-0.15, -0.1) is 0 Å². The summed E-state index contributed by atoms with van der Waals surface area (Å²) >= 11 is 0. The highest BCUT2D eigenvalue weighted by Crippen LogP contribution is 2.09. The Hall–Kier alpha value is -2.18. The zero-order valence-corrected chi connectivity index (χ0v) is 11.9. The highest BCUT2D eigenvalue weighted by molar-refractivity contribution is 5.76. The van der Waals surface area contributed by atoms with Crippen molar-refractivity contribution in [2.45, 2.75) is 32.2 Å². The molecular weight excluding hydrogens is 282 g/mol. The van der Waals surface area contributed by atoms with Crippen molar-refractivity contribution in [1.82, 2.24) is 10.6 Å². The fourth-order valence-electron chi connectivity index (χ4n) is 1.85. The van der Waals surface area contributed by atoms with Crippen molar-refractivity contribution >= 4 is 12.0 Å². The van der Waals surface area contributed by atoms with E-state index < -0.39 is 29.2 Å². The van der Waals surface area contributed by atoms with Crippen LogP contribution in [0.1, 0.15) is 25.8 Å². The Morgan fingerprint density at radius 2 is 1.76 bits per heavy atom. The maximum absolute atomic E-state index is 13.0. The molecule has 0 spiro atoms. The number of nitrogens with one attached hydrogen (secondary N) is 2. The van der Waals surface area contributed by atoms with E-state index in [0.29, 0.717) is 5.56 Å². The quantitative estimate of drug-likeness (QED) is 0.752. The Balaban J connectivity index is 2.41. The van der Waals surface area contributed by atoms with Gasteiger partial charge in [0.05, 0.1) is 6.42 Å². The van der Waals surface area contributed by atoms with Crippen molar-refractivity contribution < 1.29 is 23.5 Å². The van der Waals surface area contributed by atoms with Crippen molar-refractivity contribution in [3.05, 3.63) is 35.4 Å². The first-order valence-corrected chi connectivity index (χ1v) is 6.41. The van der Waals surface area contributed by atoms with Crippen LogP contribution in [0.15, 0.2) is 18.2 Å². The lowest BCUT2D eigenvalue weighted by molar-refractivity contribution is -0.138. The largest absolute Gasteiger partial charge is 0.481 e. The number of rotatable bonds is 6. The number of hydrogen-bond acceptors (Lipinski definition) is 2. The third kappa shape index (κ3) is 6.69. The number of carboxylic acids is 1. The van der Waals surface area contributed by atoms with Crippen LogP contribution in [0.25, 0.3) is 0 Å². The molecule has 0 unspecified atom stereocenters. The minimum atomic E-state index is -1.02. The average molecular weight is 300 g/mol. The highest BCUT2D eigenvalue weighted by atomic mass is 19.1. The molecule has 5 nitrogen and oxygen atoms in total. The molecule has 2 amide bonds. The summed E-state index contributed by atoms with van der Waals surface area (Å²) in [5.74, 6) is -2.36. The smallest absolute Gasteiger partial charge is 0.315 e. The van der Waals surface area contributed by atoms with Crippen LogP contribution in [0.3, 0.4) is 0 Å². The van der Waals surface area contributed by atoms with E-state index in [9.17, 15) is 18.4 Å². The van der Waals surface area contributed by atoms with Gasteiger partial charge in [0.25, 0.3) is 0 Å². The molecule has 7 heteroatoms. The second kappa shape index (κ2) is 7.01. The molecule has 0 aliphatic rings. The molecule has 1 rings (SSSR count). The first-order chi connectivity index (χ1) is 9.68. The van der Waals surface area contributed by atoms with Crippen LogP contribution in [0, 0.1) is 11.6 Å². The van der Waals surface area contributed by atoms with E-state index in [2.05, 4.69) is 10.6 Å². The molecule has 0 bridgehead atoms. The van der Waals surface area contributed by atoms with Gasteiger partial charge in [-0.05, 0) is 38.0 Å². The Bertz CT molecular complexity index is 513. The summed E-state index contributed by atoms with van der Waals surface area (Å²) in [6.45, 7) is 3.35. The van der Waals surface area contributed by atoms with E-state index in [-0.39, 0.29) is 19.4 Å². The van der Waals surface area contributed by atoms with Crippen molar-refractivity contribution in [3.63, 3.8) is 0 Å². The Morgan fingerprint density at radius 1 is 1.19 bits per heavy atom. The average Bonchev–Trinajstić information content (AvgIpc) is 2.24. The van der Waals surface area contributed by atoms with Crippen LogP contribution >= 0.6 is 0 Å². The summed E-state index contributed by atoms with van der Waals surface area (Å²) < 4.78 is 25.9. The molecule has 0 aliphatic heterocycles. The first-order valence-electron chi connectivity index (χ1n) is 6.41. The summed E-state index contributed by atoms with van der Waals surface area (Å²) in [5.41, 5.74) is -0.460. The van der Waals surface area contributed by atoms with Crippen molar-refractivity contribution in [1.29, 1.82) is 0 Å². The predicted molar refractivity (Wildman–Crippen MR) is 72.9 cm³/mol. The monoisotopic (exact) mass is 300 g/mol. The number of aliphatic carboxylic acids is 1. The molecule has 0 aliphatic carbocycles. The van der Waals surface area contributed by atoms with Gasteiger partial charge in [0, 0.05) is 18.2 Å². The van der Waals surface area contributed by atoms with E-state index in [0.717, 1.165) is 6.07 Å². The van der Waals surface area contributed by atoms with Gasteiger partial charge in [-0.2, -0.15) is 0 Å². The maximum Gasteiger partial charge on any atom is 0.315 e. The number of amides is 2. The molecule has 0 atom stereocenters. The van der Waals surface area contributed by atoms with E-state index >= 15 is 0 Å². The van der Waals surface area contributed by atoms with Crippen LogP contribution in [-0.2, 0) is 11.2 Å². The number of halogens is 2. The topological polar surface area (TPSA) is 78.4 Å². The number of hydrogen-bond donors (Lipinski definition) is 3. The molecule has 0 fully saturated rings. The summed E-state index contributed by atoms with van der Waals surface area (Å²) in [6, 6.07) is 2.63. The fraction of sp³-hybridized carbons (Fsp3) is 0.429. The predicted octanol–water partition coefficient (Wildman–Crippen LogP) is 2.06. The molecule has 116 valence electrons. The number of carboxylic acid groups (broad SMARTS) is 1. The molecule has 0 radical (unpaired) electrons. The summed E-state index contributed by atoms with van der Waals surface area (Å²) in [5, 5.41) is 13.7. The van der Waals surface area contributed by atoms with Crippen LogP contribution < -0.4 is 10.6 Å². The molecule has 0 saturated carbocycles. The normalized spacial score (nSPS) is 11.0. The zero-order chi connectivity index (χ0) is 16.0. The van der Waals surface area contributed by atoms with Gasteiger partial charge in [0.1, 0.15) is 11.6 Å². The second-order valence-electron chi connectivity index (χ2n) is 5.36. The number of carbonyl (C=O) groups excluding carboxylic acids is 1. The van der Waals surface area contributed by atoms with E-state index in [1.807, 2.05) is 0 Å². The fourth-order valence-corrected chi connectivity index (χ4v) is 1.85. The standard InChI is InChI=1S/C14H18F2N2O3/c1-14(2,8-12(19)20)18-13(21)17-4-3-9-5-10(15)7-11(16)6-9/h5-7H,3-4,8H2,1-2H3,(H,19,20)(H2,17,18,21). The number of urea groups is 1. The van der Waals surface area contributed by atoms with Gasteiger partial charge >= 0.3 is 12.0 Å². The van der Waals surface area contributed by atoms with E-state index in [1.165, 1.54) is 12.1 Å². The molecule has 0 saturated heterocycles. The van der Waals surface area contributed by atoms with Crippen molar-refractivity contribution in [2.75, 3.05) is 6.54 Å². The summed E-state index contributed by atoms with van der Waals surface area (Å²) in [4.78, 5) is 22.2. The maximum atomic E-state index is 13.0. The van der Waals surface area contributed by atoms with Crippen molar-refractivity contribution in [3.8, 4) is 0 Å². The van der Waals surface area contributed by atoms with E-state index in [1.54, 1.807) is 13.8 Å². The molecule has 1 aromatic carbocycles. The Morgan fingerprint density at radius 3 is 2.29 bits per heavy atom. The third-order valence-electron chi connectivity index (χ3n) is 2.67. The molecule has 3 N–H and O–H groups in total. The third-order valence-corrected chi connectivity index (χ3v) is 2.67. The zero-order valence-electron chi connectivity index (χ0n) is 11.9. The van der Waals surface area contributed by atoms with Gasteiger partial charge < -0.3 is 15.7 Å². The molecule has 0 heterocycles. The summed E-state index contributed by atoms with van der Waals surface area (Å²) in [6.07, 6.45) is 0.0526. The lowest BCUT2D eigenvalue weighted by Gasteiger charge is -2.24. The van der Waals surface area contributed by atoms with Crippen LogP contribution in [0.5, 0.6) is 0 Å².